The Hall–Kier alpha value is -1.57. The smallest absolute Gasteiger partial charge is 0.463 e. The molecule has 2 heterocycles. The van der Waals surface area contributed by atoms with Crippen molar-refractivity contribution < 1.29 is 23.3 Å². The fourth-order valence-corrected chi connectivity index (χ4v) is 2.22. The molecule has 1 fully saturated rings. The average molecular weight is 321 g/mol. The number of likely N-dealkylation sites (N-methyl/N-ethyl adjacent to an activating group) is 1. The second-order valence-electron chi connectivity index (χ2n) is 6.53. The number of ether oxygens (including phenoxy) is 1. The number of furan rings is 1. The van der Waals surface area contributed by atoms with Gasteiger partial charge in [-0.3, -0.25) is 0 Å². The van der Waals surface area contributed by atoms with Crippen LogP contribution in [0, 0.1) is 0 Å². The monoisotopic (exact) mass is 321 g/mol. The van der Waals surface area contributed by atoms with E-state index in [1.807, 2.05) is 40.8 Å². The molecule has 0 aliphatic carbocycles. The highest BCUT2D eigenvalue weighted by Crippen LogP contribution is 2.38. The van der Waals surface area contributed by atoms with Crippen LogP contribution in [-0.2, 0) is 14.0 Å². The van der Waals surface area contributed by atoms with Gasteiger partial charge in [0.05, 0.1) is 18.3 Å². The maximum Gasteiger partial charge on any atom is 0.492 e. The Morgan fingerprint density at radius 3 is 2.39 bits per heavy atom. The van der Waals surface area contributed by atoms with Crippen molar-refractivity contribution >= 4 is 19.2 Å². The Bertz CT molecular complexity index is 589. The van der Waals surface area contributed by atoms with Crippen molar-refractivity contribution in [1.82, 2.24) is 5.32 Å². The van der Waals surface area contributed by atoms with Crippen molar-refractivity contribution in [3.05, 3.63) is 29.1 Å². The molecule has 1 aliphatic heterocycles. The normalized spacial score (nSPS) is 19.9. The molecule has 126 valence electrons. The van der Waals surface area contributed by atoms with Gasteiger partial charge in [-0.1, -0.05) is 0 Å². The van der Waals surface area contributed by atoms with Crippen LogP contribution in [0.5, 0.6) is 0 Å². The van der Waals surface area contributed by atoms with Gasteiger partial charge in [0.2, 0.25) is 5.76 Å². The van der Waals surface area contributed by atoms with Crippen LogP contribution in [0.4, 0.5) is 0 Å². The number of esters is 1. The summed E-state index contributed by atoms with van der Waals surface area (Å²) in [5.74, 6) is 0.206. The van der Waals surface area contributed by atoms with Crippen LogP contribution in [-0.4, -0.2) is 45.0 Å². The summed E-state index contributed by atoms with van der Waals surface area (Å²) in [7, 11) is 2.69. The molecule has 0 saturated carbocycles. The van der Waals surface area contributed by atoms with E-state index in [0.29, 0.717) is 12.3 Å². The van der Waals surface area contributed by atoms with Crippen LogP contribution in [0.3, 0.4) is 0 Å². The summed E-state index contributed by atoms with van der Waals surface area (Å²) < 4.78 is 22.3. The van der Waals surface area contributed by atoms with E-state index in [-0.39, 0.29) is 5.76 Å². The molecule has 1 aromatic rings. The van der Waals surface area contributed by atoms with Gasteiger partial charge in [-0.15, -0.1) is 0 Å². The van der Waals surface area contributed by atoms with Crippen LogP contribution in [0.15, 0.2) is 22.0 Å². The number of carbonyl (C=O) groups is 1. The van der Waals surface area contributed by atoms with Gasteiger partial charge in [-0.05, 0) is 58.4 Å². The summed E-state index contributed by atoms with van der Waals surface area (Å²) in [6, 6.07) is 3.30. The van der Waals surface area contributed by atoms with Crippen molar-refractivity contribution in [2.24, 2.45) is 0 Å². The zero-order valence-corrected chi connectivity index (χ0v) is 14.6. The Morgan fingerprint density at radius 2 is 1.87 bits per heavy atom. The number of carbonyl (C=O) groups excluding carboxylic acids is 1. The third-order valence-corrected chi connectivity index (χ3v) is 4.28. The maximum atomic E-state index is 11.5. The van der Waals surface area contributed by atoms with E-state index in [1.165, 1.54) is 7.11 Å². The third kappa shape index (κ3) is 3.68. The van der Waals surface area contributed by atoms with Gasteiger partial charge in [0.15, 0.2) is 0 Å². The lowest BCUT2D eigenvalue weighted by Gasteiger charge is -2.32. The minimum absolute atomic E-state index is 0.163. The minimum Gasteiger partial charge on any atom is -0.463 e. The maximum absolute atomic E-state index is 11.5. The van der Waals surface area contributed by atoms with Gasteiger partial charge in [-0.2, -0.15) is 0 Å². The lowest BCUT2D eigenvalue weighted by molar-refractivity contribution is 0.00578. The lowest BCUT2D eigenvalue weighted by atomic mass is 9.77. The highest BCUT2D eigenvalue weighted by Gasteiger charge is 2.52. The van der Waals surface area contributed by atoms with Crippen molar-refractivity contribution in [3.8, 4) is 0 Å². The molecule has 1 aromatic heterocycles. The molecule has 1 N–H and O–H groups in total. The number of methoxy groups -OCH3 is 1. The van der Waals surface area contributed by atoms with Gasteiger partial charge < -0.3 is 23.8 Å². The molecular weight excluding hydrogens is 297 g/mol. The van der Waals surface area contributed by atoms with Crippen molar-refractivity contribution in [1.29, 1.82) is 0 Å². The number of rotatable bonds is 5. The molecule has 1 saturated heterocycles. The summed E-state index contributed by atoms with van der Waals surface area (Å²) in [6.45, 7) is 8.60. The summed E-state index contributed by atoms with van der Waals surface area (Å²) in [4.78, 5) is 11.5. The van der Waals surface area contributed by atoms with Crippen LogP contribution < -0.4 is 5.32 Å². The van der Waals surface area contributed by atoms with Crippen LogP contribution in [0.1, 0.15) is 44.0 Å². The molecule has 0 amide bonds. The van der Waals surface area contributed by atoms with Crippen molar-refractivity contribution in [2.75, 3.05) is 20.7 Å². The fourth-order valence-electron chi connectivity index (χ4n) is 2.22. The quantitative estimate of drug-likeness (QED) is 0.663. The molecular formula is C16H24BNO5. The van der Waals surface area contributed by atoms with Crippen molar-refractivity contribution in [2.45, 2.75) is 38.9 Å². The fraction of sp³-hybridized carbons (Fsp3) is 0.562. The second-order valence-corrected chi connectivity index (χ2v) is 6.53. The summed E-state index contributed by atoms with van der Waals surface area (Å²) >= 11 is 0. The van der Waals surface area contributed by atoms with Crippen molar-refractivity contribution in [3.63, 3.8) is 0 Å². The highest BCUT2D eigenvalue weighted by molar-refractivity contribution is 6.55. The van der Waals surface area contributed by atoms with E-state index in [9.17, 15) is 4.79 Å². The van der Waals surface area contributed by atoms with Gasteiger partial charge in [-0.25, -0.2) is 4.79 Å². The Balaban J connectivity index is 2.25. The molecule has 0 spiro atoms. The first-order valence-electron chi connectivity index (χ1n) is 7.59. The highest BCUT2D eigenvalue weighted by atomic mass is 16.7. The summed E-state index contributed by atoms with van der Waals surface area (Å²) in [5.41, 5.74) is 0.0623. The first-order valence-corrected chi connectivity index (χ1v) is 7.59. The standard InChI is InChI=1S/C16H24BNO5/c1-15(2)16(3,4)23-17(22-15)11(10-18-5)9-12-7-8-13(21-12)14(19)20-6/h7-9,18H,10H2,1-6H3. The lowest BCUT2D eigenvalue weighted by Crippen LogP contribution is -2.41. The Kier molecular flexibility index (Phi) is 5.03. The van der Waals surface area contributed by atoms with E-state index in [1.54, 1.807) is 12.1 Å². The van der Waals surface area contributed by atoms with Gasteiger partial charge in [0, 0.05) is 6.54 Å². The summed E-state index contributed by atoms with van der Waals surface area (Å²) in [5, 5.41) is 3.10. The van der Waals surface area contributed by atoms with E-state index >= 15 is 0 Å². The zero-order chi connectivity index (χ0) is 17.3. The number of hydrogen-bond acceptors (Lipinski definition) is 6. The van der Waals surface area contributed by atoms with E-state index < -0.39 is 24.3 Å². The molecule has 6 nitrogen and oxygen atoms in total. The molecule has 1 aliphatic rings. The SMILES string of the molecule is CNCC(=Cc1ccc(C(=O)OC)o1)B1OC(C)(C)C(C)(C)O1. The van der Waals surface area contributed by atoms with Gasteiger partial charge in [0.25, 0.3) is 0 Å². The molecule has 0 atom stereocenters. The first kappa shape index (κ1) is 17.8. The first-order chi connectivity index (χ1) is 10.7. The molecule has 23 heavy (non-hydrogen) atoms. The predicted molar refractivity (Wildman–Crippen MR) is 88.0 cm³/mol. The molecule has 7 heteroatoms. The van der Waals surface area contributed by atoms with E-state index in [4.69, 9.17) is 13.7 Å². The Morgan fingerprint density at radius 1 is 1.26 bits per heavy atom. The van der Waals surface area contributed by atoms with Crippen LogP contribution in [0.25, 0.3) is 6.08 Å². The molecule has 0 bridgehead atoms. The van der Waals surface area contributed by atoms with Gasteiger partial charge >= 0.3 is 13.1 Å². The predicted octanol–water partition coefficient (Wildman–Crippen LogP) is 2.30. The Labute approximate surface area is 137 Å². The average Bonchev–Trinajstić information content (AvgIpc) is 3.00. The van der Waals surface area contributed by atoms with Crippen LogP contribution >= 0.6 is 0 Å². The molecule has 0 unspecified atom stereocenters. The van der Waals surface area contributed by atoms with E-state index in [2.05, 4.69) is 10.1 Å². The molecule has 0 radical (unpaired) electrons. The van der Waals surface area contributed by atoms with Crippen LogP contribution in [0.2, 0.25) is 0 Å². The van der Waals surface area contributed by atoms with E-state index in [0.717, 1.165) is 5.47 Å². The molecule has 0 aromatic carbocycles. The second kappa shape index (κ2) is 6.51. The zero-order valence-electron chi connectivity index (χ0n) is 14.6. The molecule has 2 rings (SSSR count). The number of hydrogen-bond donors (Lipinski definition) is 1. The topological polar surface area (TPSA) is 69.9 Å². The number of nitrogens with one attached hydrogen (secondary N) is 1. The third-order valence-electron chi connectivity index (χ3n) is 4.28. The largest absolute Gasteiger partial charge is 0.492 e. The van der Waals surface area contributed by atoms with Gasteiger partial charge in [0.1, 0.15) is 5.76 Å². The summed E-state index contributed by atoms with van der Waals surface area (Å²) in [6.07, 6.45) is 1.82. The minimum atomic E-state index is -0.504.